The Kier molecular flexibility index (Phi) is 3.42. The number of anilines is 1. The molecule has 0 fully saturated rings. The molecule has 2 heterocycles. The first-order valence-electron chi connectivity index (χ1n) is 5.01. The molecule has 0 amide bonds. The Bertz CT molecular complexity index is 682. The van der Waals surface area contributed by atoms with Crippen LogP contribution in [0.5, 0.6) is 0 Å². The fraction of sp³-hybridized carbons (Fsp3) is 0.111. The number of hydrogen-bond donors (Lipinski definition) is 2. The van der Waals surface area contributed by atoms with Gasteiger partial charge in [-0.15, -0.1) is 0 Å². The number of carbonyl (C=O) groups is 1. The molecule has 0 saturated heterocycles. The second-order valence-corrected chi connectivity index (χ2v) is 5.13. The van der Waals surface area contributed by atoms with Gasteiger partial charge in [-0.2, -0.15) is 5.10 Å². The van der Waals surface area contributed by atoms with Crippen molar-refractivity contribution in [3.8, 4) is 0 Å². The van der Waals surface area contributed by atoms with Crippen LogP contribution >= 0.6 is 0 Å². The monoisotopic (exact) mass is 283 g/mol. The van der Waals surface area contributed by atoms with Crippen molar-refractivity contribution in [2.75, 3.05) is 4.72 Å². The van der Waals surface area contributed by atoms with Crippen molar-refractivity contribution in [3.63, 3.8) is 0 Å². The zero-order chi connectivity index (χ0) is 13.9. The molecule has 0 spiro atoms. The van der Waals surface area contributed by atoms with Gasteiger partial charge in [-0.05, 0) is 6.07 Å². The molecule has 2 rings (SSSR count). The van der Waals surface area contributed by atoms with Gasteiger partial charge in [-0.1, -0.05) is 0 Å². The van der Waals surface area contributed by atoms with E-state index in [9.17, 15) is 13.2 Å². The van der Waals surface area contributed by atoms with E-state index in [1.54, 1.807) is 6.07 Å². The van der Waals surface area contributed by atoms with Crippen LogP contribution in [0.4, 0.5) is 5.95 Å². The summed E-state index contributed by atoms with van der Waals surface area (Å²) in [6, 6.07) is 1.54. The first-order valence-corrected chi connectivity index (χ1v) is 6.50. The first kappa shape index (κ1) is 13.0. The average molecular weight is 283 g/mol. The molecule has 0 aliphatic heterocycles. The number of sulfonamides is 1. The average Bonchev–Trinajstić information content (AvgIpc) is 2.78. The molecule has 0 aliphatic carbocycles. The fourth-order valence-corrected chi connectivity index (χ4v) is 2.15. The van der Waals surface area contributed by atoms with Crippen molar-refractivity contribution in [3.05, 3.63) is 30.9 Å². The van der Waals surface area contributed by atoms with Crippen LogP contribution in [-0.4, -0.2) is 39.2 Å². The molecular weight excluding hydrogens is 274 g/mol. The predicted octanol–water partition coefficient (Wildman–Crippen LogP) is -0.442. The predicted molar refractivity (Wildman–Crippen MR) is 62.7 cm³/mol. The number of nitrogens with one attached hydrogen (secondary N) is 1. The highest BCUT2D eigenvalue weighted by molar-refractivity contribution is 7.92. The lowest BCUT2D eigenvalue weighted by molar-refractivity contribution is -0.137. The van der Waals surface area contributed by atoms with Crippen LogP contribution < -0.4 is 4.72 Å². The van der Waals surface area contributed by atoms with E-state index in [0.717, 1.165) is 17.1 Å². The van der Waals surface area contributed by atoms with Crippen LogP contribution in [0.25, 0.3) is 0 Å². The van der Waals surface area contributed by atoms with Gasteiger partial charge in [0.15, 0.2) is 0 Å². The van der Waals surface area contributed by atoms with Crippen LogP contribution in [0.1, 0.15) is 0 Å². The topological polar surface area (TPSA) is 127 Å². The van der Waals surface area contributed by atoms with E-state index in [1.807, 2.05) is 0 Å². The van der Waals surface area contributed by atoms with E-state index in [2.05, 4.69) is 19.8 Å². The Labute approximate surface area is 108 Å². The molecule has 2 aromatic heterocycles. The minimum absolute atomic E-state index is 0.0755. The molecule has 0 radical (unpaired) electrons. The molecule has 19 heavy (non-hydrogen) atoms. The van der Waals surface area contributed by atoms with Gasteiger partial charge in [0.25, 0.3) is 10.0 Å². The zero-order valence-corrected chi connectivity index (χ0v) is 10.3. The minimum Gasteiger partial charge on any atom is -0.480 e. The van der Waals surface area contributed by atoms with Crippen LogP contribution in [0.15, 0.2) is 35.7 Å². The van der Waals surface area contributed by atoms with Crippen molar-refractivity contribution in [2.45, 2.75) is 11.4 Å². The Morgan fingerprint density at radius 2 is 2.05 bits per heavy atom. The van der Waals surface area contributed by atoms with E-state index in [-0.39, 0.29) is 10.8 Å². The Balaban J connectivity index is 2.20. The summed E-state index contributed by atoms with van der Waals surface area (Å²) < 4.78 is 27.0. The summed E-state index contributed by atoms with van der Waals surface area (Å²) in [4.78, 5) is 17.8. The lowest BCUT2D eigenvalue weighted by atomic mass is 10.6. The van der Waals surface area contributed by atoms with Gasteiger partial charge in [0.05, 0.1) is 6.20 Å². The van der Waals surface area contributed by atoms with Crippen LogP contribution in [0, 0.1) is 0 Å². The number of carboxylic acids is 1. The van der Waals surface area contributed by atoms with Gasteiger partial charge >= 0.3 is 5.97 Å². The molecule has 0 bridgehead atoms. The Morgan fingerprint density at radius 1 is 1.37 bits per heavy atom. The van der Waals surface area contributed by atoms with Gasteiger partial charge in [0, 0.05) is 18.6 Å². The quantitative estimate of drug-likeness (QED) is 0.761. The number of aliphatic carboxylic acids is 1. The Hall–Kier alpha value is -2.49. The smallest absolute Gasteiger partial charge is 0.325 e. The summed E-state index contributed by atoms with van der Waals surface area (Å²) in [5.74, 6) is -1.19. The summed E-state index contributed by atoms with van der Waals surface area (Å²) in [6.07, 6.45) is 4.94. The van der Waals surface area contributed by atoms with E-state index >= 15 is 0 Å². The molecular formula is C9H9N5O4S. The maximum Gasteiger partial charge on any atom is 0.325 e. The third kappa shape index (κ3) is 3.25. The highest BCUT2D eigenvalue weighted by atomic mass is 32.2. The molecule has 2 N–H and O–H groups in total. The molecule has 0 atom stereocenters. The number of rotatable bonds is 5. The number of hydrogen-bond acceptors (Lipinski definition) is 6. The van der Waals surface area contributed by atoms with E-state index in [0.29, 0.717) is 0 Å². The highest BCUT2D eigenvalue weighted by Crippen LogP contribution is 2.11. The molecule has 0 unspecified atom stereocenters. The summed E-state index contributed by atoms with van der Waals surface area (Å²) in [5, 5.41) is 12.2. The largest absolute Gasteiger partial charge is 0.480 e. The Morgan fingerprint density at radius 3 is 2.68 bits per heavy atom. The molecule has 0 aromatic carbocycles. The second kappa shape index (κ2) is 5.02. The van der Waals surface area contributed by atoms with Gasteiger partial charge < -0.3 is 5.11 Å². The van der Waals surface area contributed by atoms with Crippen LogP contribution in [-0.2, 0) is 21.4 Å². The SMILES string of the molecule is O=C(O)Cn1cc(S(=O)(=O)Nc2ncccn2)cn1. The third-order valence-corrected chi connectivity index (χ3v) is 3.29. The molecule has 0 aliphatic rings. The maximum absolute atomic E-state index is 11.9. The van der Waals surface area contributed by atoms with Crippen molar-refractivity contribution in [1.29, 1.82) is 0 Å². The summed E-state index contributed by atoms with van der Waals surface area (Å²) in [6.45, 7) is -0.419. The van der Waals surface area contributed by atoms with Crippen LogP contribution in [0.2, 0.25) is 0 Å². The van der Waals surface area contributed by atoms with E-state index in [4.69, 9.17) is 5.11 Å². The summed E-state index contributed by atoms with van der Waals surface area (Å²) >= 11 is 0. The summed E-state index contributed by atoms with van der Waals surface area (Å²) in [7, 11) is -3.88. The number of carboxylic acid groups (broad SMARTS) is 1. The third-order valence-electron chi connectivity index (χ3n) is 2.01. The van der Waals surface area contributed by atoms with Crippen molar-refractivity contribution < 1.29 is 18.3 Å². The molecule has 2 aromatic rings. The highest BCUT2D eigenvalue weighted by Gasteiger charge is 2.18. The van der Waals surface area contributed by atoms with Crippen molar-refractivity contribution in [1.82, 2.24) is 19.7 Å². The molecule has 100 valence electrons. The maximum atomic E-state index is 11.9. The lowest BCUT2D eigenvalue weighted by Crippen LogP contribution is -2.14. The molecule has 0 saturated carbocycles. The number of aromatic nitrogens is 4. The lowest BCUT2D eigenvalue weighted by Gasteiger charge is -2.02. The zero-order valence-electron chi connectivity index (χ0n) is 9.46. The van der Waals surface area contributed by atoms with E-state index in [1.165, 1.54) is 12.4 Å². The second-order valence-electron chi connectivity index (χ2n) is 3.45. The van der Waals surface area contributed by atoms with Gasteiger partial charge in [0.2, 0.25) is 5.95 Å². The van der Waals surface area contributed by atoms with Gasteiger partial charge in [0.1, 0.15) is 11.4 Å². The normalized spacial score (nSPS) is 11.2. The van der Waals surface area contributed by atoms with Gasteiger partial charge in [-0.3, -0.25) is 9.48 Å². The van der Waals surface area contributed by atoms with Gasteiger partial charge in [-0.25, -0.2) is 23.1 Å². The summed E-state index contributed by atoms with van der Waals surface area (Å²) in [5.41, 5.74) is 0. The number of nitrogens with zero attached hydrogens (tertiary/aromatic N) is 4. The van der Waals surface area contributed by atoms with E-state index < -0.39 is 22.5 Å². The molecule has 10 heteroatoms. The standard InChI is InChI=1S/C9H9N5O4S/c15-8(16)6-14-5-7(4-12-14)19(17,18)13-9-10-2-1-3-11-9/h1-5H,6H2,(H,15,16)(H,10,11,13). The minimum atomic E-state index is -3.88. The van der Waals surface area contributed by atoms with Crippen molar-refractivity contribution in [2.24, 2.45) is 0 Å². The molecule has 9 nitrogen and oxygen atoms in total. The van der Waals surface area contributed by atoms with Crippen LogP contribution in [0.3, 0.4) is 0 Å². The fourth-order valence-electron chi connectivity index (χ4n) is 1.24. The van der Waals surface area contributed by atoms with Crippen molar-refractivity contribution >= 4 is 21.9 Å². The first-order chi connectivity index (χ1) is 8.97.